The molecule has 0 aliphatic rings. The molecule has 3 nitrogen and oxygen atoms in total. The number of rotatable bonds is 11. The summed E-state index contributed by atoms with van der Waals surface area (Å²) >= 11 is -2.58. The number of anilines is 1. The van der Waals surface area contributed by atoms with Crippen molar-refractivity contribution >= 4 is 33.6 Å². The van der Waals surface area contributed by atoms with Gasteiger partial charge in [-0.25, -0.2) is 0 Å². The first-order valence-electron chi connectivity index (χ1n) is 10.6. The third-order valence-electron chi connectivity index (χ3n) is 5.35. The first kappa shape index (κ1) is 23.5. The molecule has 1 N–H and O–H groups in total. The molecule has 0 unspecified atom stereocenters. The van der Waals surface area contributed by atoms with E-state index in [0.717, 1.165) is 5.69 Å². The van der Waals surface area contributed by atoms with Crippen molar-refractivity contribution in [2.24, 2.45) is 5.41 Å². The van der Waals surface area contributed by atoms with Crippen LogP contribution in [0.1, 0.15) is 80.1 Å². The molecule has 0 radical (unpaired) electrons. The number of unbranched alkanes of at least 4 members (excludes halogenated alkanes) is 3. The Bertz CT molecular complexity index is 530. The summed E-state index contributed by atoms with van der Waals surface area (Å²) in [7, 11) is 0. The molecular formula is C22H40N2OSn. The van der Waals surface area contributed by atoms with Crippen molar-refractivity contribution in [1.82, 2.24) is 4.98 Å². The van der Waals surface area contributed by atoms with Crippen LogP contribution in [-0.2, 0) is 4.79 Å². The van der Waals surface area contributed by atoms with E-state index < -0.39 is 18.4 Å². The molecule has 148 valence electrons. The molecule has 0 spiro atoms. The monoisotopic (exact) mass is 468 g/mol. The van der Waals surface area contributed by atoms with Gasteiger partial charge in [0.15, 0.2) is 0 Å². The fourth-order valence-electron chi connectivity index (χ4n) is 3.59. The van der Waals surface area contributed by atoms with Crippen LogP contribution in [0.15, 0.2) is 18.5 Å². The first-order valence-corrected chi connectivity index (χ1v) is 18.0. The van der Waals surface area contributed by atoms with Crippen molar-refractivity contribution in [2.45, 2.75) is 93.4 Å². The van der Waals surface area contributed by atoms with E-state index in [4.69, 9.17) is 0 Å². The number of aromatic nitrogens is 1. The Morgan fingerprint density at radius 2 is 1.50 bits per heavy atom. The van der Waals surface area contributed by atoms with Gasteiger partial charge < -0.3 is 0 Å². The van der Waals surface area contributed by atoms with Crippen molar-refractivity contribution < 1.29 is 4.79 Å². The van der Waals surface area contributed by atoms with Gasteiger partial charge in [-0.15, -0.1) is 0 Å². The Balaban J connectivity index is 3.31. The Morgan fingerprint density at radius 3 is 1.92 bits per heavy atom. The van der Waals surface area contributed by atoms with Crippen LogP contribution in [0.4, 0.5) is 5.69 Å². The third kappa shape index (κ3) is 6.86. The molecule has 0 atom stereocenters. The third-order valence-corrected chi connectivity index (χ3v) is 21.1. The zero-order chi connectivity index (χ0) is 19.6. The number of hydrogen-bond donors (Lipinski definition) is 1. The molecule has 0 aliphatic heterocycles. The fraction of sp³-hybridized carbons (Fsp3) is 0.727. The van der Waals surface area contributed by atoms with Gasteiger partial charge in [0.05, 0.1) is 0 Å². The Morgan fingerprint density at radius 1 is 1.00 bits per heavy atom. The maximum absolute atomic E-state index is 12.6. The minimum absolute atomic E-state index is 0.0911. The molecular weight excluding hydrogens is 427 g/mol. The van der Waals surface area contributed by atoms with E-state index in [2.05, 4.69) is 37.1 Å². The fourth-order valence-corrected chi connectivity index (χ4v) is 20.1. The molecule has 0 saturated carbocycles. The number of pyridine rings is 1. The molecule has 1 aromatic heterocycles. The van der Waals surface area contributed by atoms with E-state index in [1.54, 1.807) is 0 Å². The molecule has 1 rings (SSSR count). The average molecular weight is 467 g/mol. The van der Waals surface area contributed by atoms with E-state index in [1.165, 1.54) is 55.4 Å². The molecule has 0 bridgehead atoms. The summed E-state index contributed by atoms with van der Waals surface area (Å²) in [6.07, 6.45) is 11.6. The van der Waals surface area contributed by atoms with Gasteiger partial charge in [0, 0.05) is 0 Å². The second-order valence-corrected chi connectivity index (χ2v) is 21.8. The van der Waals surface area contributed by atoms with E-state index in [0.29, 0.717) is 0 Å². The summed E-state index contributed by atoms with van der Waals surface area (Å²) in [6.45, 7) is 12.8. The standard InChI is InChI=1S/C10H13N2O.3C4H9.Sn/c1-10(2,3)9(13)12-8-5-4-6-11-7-8;3*1-3-4-2;/h4,6-7H,1-3H3,(H,12,13);3*1,3-4H2,2H3;. The van der Waals surface area contributed by atoms with Crippen molar-refractivity contribution in [3.05, 3.63) is 18.5 Å². The summed E-state index contributed by atoms with van der Waals surface area (Å²) < 4.78 is 5.69. The molecule has 0 saturated heterocycles. The molecule has 0 aliphatic carbocycles. The van der Waals surface area contributed by atoms with E-state index in [-0.39, 0.29) is 11.3 Å². The Kier molecular flexibility index (Phi) is 10.2. The maximum atomic E-state index is 12.6. The quantitative estimate of drug-likeness (QED) is 0.399. The van der Waals surface area contributed by atoms with Gasteiger partial charge in [0.25, 0.3) is 0 Å². The van der Waals surface area contributed by atoms with Crippen LogP contribution in [0.5, 0.6) is 0 Å². The number of nitrogens with one attached hydrogen (secondary N) is 1. The van der Waals surface area contributed by atoms with Crippen LogP contribution in [0.25, 0.3) is 0 Å². The number of hydrogen-bond acceptors (Lipinski definition) is 2. The van der Waals surface area contributed by atoms with Crippen LogP contribution in [0, 0.1) is 5.41 Å². The summed E-state index contributed by atoms with van der Waals surface area (Å²) in [6, 6.07) is 2.25. The SMILES string of the molecule is CCC[CH2][Sn]([CH2]CCC)([CH2]CCC)[c]1ccncc1NC(=O)C(C)(C)C. The minimum atomic E-state index is -2.58. The van der Waals surface area contributed by atoms with Crippen LogP contribution in [0.3, 0.4) is 0 Å². The average Bonchev–Trinajstić information content (AvgIpc) is 2.61. The summed E-state index contributed by atoms with van der Waals surface area (Å²) in [4.78, 5) is 17.0. The van der Waals surface area contributed by atoms with Crippen LogP contribution in [-0.4, -0.2) is 29.3 Å². The number of carbonyl (C=O) groups is 1. The molecule has 4 heteroatoms. The molecule has 1 amide bonds. The number of carbonyl (C=O) groups excluding carboxylic acids is 1. The molecule has 1 heterocycles. The van der Waals surface area contributed by atoms with Gasteiger partial charge in [-0.2, -0.15) is 0 Å². The van der Waals surface area contributed by atoms with Crippen LogP contribution >= 0.6 is 0 Å². The molecule has 26 heavy (non-hydrogen) atoms. The summed E-state index contributed by atoms with van der Waals surface area (Å²) in [5, 5.41) is 3.24. The summed E-state index contributed by atoms with van der Waals surface area (Å²) in [5.41, 5.74) is 0.619. The van der Waals surface area contributed by atoms with Crippen LogP contribution in [0.2, 0.25) is 13.3 Å². The molecule has 0 aromatic carbocycles. The number of amides is 1. The molecule has 1 aromatic rings. The van der Waals surface area contributed by atoms with E-state index >= 15 is 0 Å². The van der Waals surface area contributed by atoms with Crippen LogP contribution < -0.4 is 8.90 Å². The zero-order valence-electron chi connectivity index (χ0n) is 18.0. The van der Waals surface area contributed by atoms with E-state index in [9.17, 15) is 4.79 Å². The van der Waals surface area contributed by atoms with Gasteiger partial charge in [-0.3, -0.25) is 0 Å². The van der Waals surface area contributed by atoms with Gasteiger partial charge in [-0.05, 0) is 0 Å². The topological polar surface area (TPSA) is 42.0 Å². The van der Waals surface area contributed by atoms with Crippen molar-refractivity contribution in [2.75, 3.05) is 5.32 Å². The van der Waals surface area contributed by atoms with Gasteiger partial charge in [0.2, 0.25) is 0 Å². The van der Waals surface area contributed by atoms with Crippen molar-refractivity contribution in [3.63, 3.8) is 0 Å². The zero-order valence-corrected chi connectivity index (χ0v) is 20.8. The van der Waals surface area contributed by atoms with E-state index in [1.807, 2.05) is 33.2 Å². The molecule has 0 fully saturated rings. The van der Waals surface area contributed by atoms with Gasteiger partial charge in [-0.1, -0.05) is 0 Å². The number of nitrogens with zero attached hydrogens (tertiary/aromatic N) is 1. The summed E-state index contributed by atoms with van der Waals surface area (Å²) in [5.74, 6) is 0.0911. The van der Waals surface area contributed by atoms with Gasteiger partial charge in [0.1, 0.15) is 0 Å². The Hall–Kier alpha value is -0.581. The van der Waals surface area contributed by atoms with Crippen molar-refractivity contribution in [1.29, 1.82) is 0 Å². The van der Waals surface area contributed by atoms with Crippen molar-refractivity contribution in [3.8, 4) is 0 Å². The second-order valence-electron chi connectivity index (χ2n) is 8.72. The Labute approximate surface area is 165 Å². The normalized spacial score (nSPS) is 12.2. The van der Waals surface area contributed by atoms with Gasteiger partial charge >= 0.3 is 166 Å². The first-order chi connectivity index (χ1) is 12.3. The predicted octanol–water partition coefficient (Wildman–Crippen LogP) is 6.12. The second kappa shape index (κ2) is 11.3. The predicted molar refractivity (Wildman–Crippen MR) is 117 cm³/mol.